The van der Waals surface area contributed by atoms with Crippen molar-refractivity contribution in [3.63, 3.8) is 0 Å². The monoisotopic (exact) mass is 302 g/mol. The molecule has 5 nitrogen and oxygen atoms in total. The molecule has 1 amide bonds. The third kappa shape index (κ3) is 4.57. The molecular weight excluding hydrogens is 283 g/mol. The predicted molar refractivity (Wildman–Crippen MR) is 76.2 cm³/mol. The molecule has 3 N–H and O–H groups in total. The molecule has 0 saturated heterocycles. The summed E-state index contributed by atoms with van der Waals surface area (Å²) in [4.78, 5) is 11.8. The van der Waals surface area contributed by atoms with E-state index in [1.54, 1.807) is 7.11 Å². The number of ether oxygens (including phenoxy) is 1. The van der Waals surface area contributed by atoms with Crippen LogP contribution in [0.5, 0.6) is 0 Å². The number of carbonyl (C=O) groups excluding carboxylic acids is 1. The van der Waals surface area contributed by atoms with Crippen LogP contribution in [0, 0.1) is 5.82 Å². The van der Waals surface area contributed by atoms with Gasteiger partial charge < -0.3 is 15.8 Å². The molecule has 0 aliphatic carbocycles. The van der Waals surface area contributed by atoms with Gasteiger partial charge in [-0.15, -0.1) is 0 Å². The lowest BCUT2D eigenvalue weighted by atomic mass is 10.3. The summed E-state index contributed by atoms with van der Waals surface area (Å²) >= 11 is 0. The fraction of sp³-hybridized carbons (Fsp3) is 0.462. The van der Waals surface area contributed by atoms with E-state index >= 15 is 0 Å². The van der Waals surface area contributed by atoms with Gasteiger partial charge in [0.15, 0.2) is 0 Å². The van der Waals surface area contributed by atoms with E-state index in [9.17, 15) is 13.4 Å². The normalized spacial score (nSPS) is 13.8. The van der Waals surface area contributed by atoms with Crippen LogP contribution in [-0.4, -0.2) is 35.6 Å². The standard InChI is InChI=1S/C13H19FN2O3S/c1-9(13(17)16-6-3-7-19-2)20(18)12-5-4-10(15)8-11(12)14/h4-5,8-9H,3,6-7,15H2,1-2H3,(H,16,17). The van der Waals surface area contributed by atoms with E-state index < -0.39 is 21.9 Å². The molecule has 2 unspecified atom stereocenters. The molecule has 1 rings (SSSR count). The Morgan fingerprint density at radius 3 is 2.85 bits per heavy atom. The summed E-state index contributed by atoms with van der Waals surface area (Å²) in [5.74, 6) is -1.04. The number of nitrogen functional groups attached to an aromatic ring is 1. The summed E-state index contributed by atoms with van der Waals surface area (Å²) in [6, 6.07) is 3.89. The van der Waals surface area contributed by atoms with Crippen molar-refractivity contribution in [2.24, 2.45) is 0 Å². The molecule has 0 heterocycles. The number of hydrogen-bond acceptors (Lipinski definition) is 4. The van der Waals surface area contributed by atoms with Crippen LogP contribution in [0.3, 0.4) is 0 Å². The number of rotatable bonds is 7. The van der Waals surface area contributed by atoms with Gasteiger partial charge in [0.1, 0.15) is 11.1 Å². The molecule has 1 aromatic carbocycles. The first-order chi connectivity index (χ1) is 9.47. The van der Waals surface area contributed by atoms with E-state index in [0.29, 0.717) is 19.6 Å². The highest BCUT2D eigenvalue weighted by Crippen LogP contribution is 2.18. The summed E-state index contributed by atoms with van der Waals surface area (Å²) in [6.45, 7) is 2.46. The zero-order valence-electron chi connectivity index (χ0n) is 11.5. The largest absolute Gasteiger partial charge is 0.399 e. The smallest absolute Gasteiger partial charge is 0.235 e. The molecule has 7 heteroatoms. The number of amides is 1. The summed E-state index contributed by atoms with van der Waals surface area (Å²) in [5, 5.41) is 1.80. The van der Waals surface area contributed by atoms with Crippen LogP contribution in [0.25, 0.3) is 0 Å². The minimum absolute atomic E-state index is 0.0151. The number of hydrogen-bond donors (Lipinski definition) is 2. The number of halogens is 1. The average molecular weight is 302 g/mol. The Bertz CT molecular complexity index is 497. The maximum Gasteiger partial charge on any atom is 0.235 e. The average Bonchev–Trinajstić information content (AvgIpc) is 2.42. The van der Waals surface area contributed by atoms with Gasteiger partial charge in [0.25, 0.3) is 0 Å². The fourth-order valence-electron chi connectivity index (χ4n) is 1.54. The van der Waals surface area contributed by atoms with E-state index in [1.807, 2.05) is 0 Å². The molecule has 2 atom stereocenters. The highest BCUT2D eigenvalue weighted by Gasteiger charge is 2.23. The highest BCUT2D eigenvalue weighted by molar-refractivity contribution is 7.86. The van der Waals surface area contributed by atoms with E-state index in [1.165, 1.54) is 19.1 Å². The summed E-state index contributed by atoms with van der Waals surface area (Å²) in [5.41, 5.74) is 5.68. The second-order valence-electron chi connectivity index (χ2n) is 4.27. The maximum absolute atomic E-state index is 13.7. The Kier molecular flexibility index (Phi) is 6.60. The molecule has 1 aromatic rings. The van der Waals surface area contributed by atoms with Crippen molar-refractivity contribution in [2.75, 3.05) is 26.0 Å². The van der Waals surface area contributed by atoms with Gasteiger partial charge in [-0.05, 0) is 31.5 Å². The van der Waals surface area contributed by atoms with E-state index in [-0.39, 0.29) is 16.5 Å². The zero-order valence-corrected chi connectivity index (χ0v) is 12.3. The molecule has 112 valence electrons. The van der Waals surface area contributed by atoms with Gasteiger partial charge in [0.05, 0.1) is 15.7 Å². The number of nitrogens with two attached hydrogens (primary N) is 1. The number of anilines is 1. The molecule has 0 radical (unpaired) electrons. The first kappa shape index (κ1) is 16.6. The van der Waals surface area contributed by atoms with Gasteiger partial charge in [0.2, 0.25) is 5.91 Å². The number of carbonyl (C=O) groups is 1. The van der Waals surface area contributed by atoms with Gasteiger partial charge in [-0.2, -0.15) is 0 Å². The molecule has 0 aliphatic heterocycles. The lowest BCUT2D eigenvalue weighted by molar-refractivity contribution is -0.120. The molecular formula is C13H19FN2O3S. The van der Waals surface area contributed by atoms with Crippen LogP contribution >= 0.6 is 0 Å². The Morgan fingerprint density at radius 1 is 1.55 bits per heavy atom. The topological polar surface area (TPSA) is 81.4 Å². The Morgan fingerprint density at radius 2 is 2.25 bits per heavy atom. The summed E-state index contributed by atoms with van der Waals surface area (Å²) in [7, 11) is -0.186. The van der Waals surface area contributed by atoms with Crippen LogP contribution in [0.15, 0.2) is 23.1 Å². The van der Waals surface area contributed by atoms with Crippen molar-refractivity contribution in [3.8, 4) is 0 Å². The Hall–Kier alpha value is -1.47. The van der Waals surface area contributed by atoms with Crippen LogP contribution in [0.4, 0.5) is 10.1 Å². The first-order valence-electron chi connectivity index (χ1n) is 6.19. The zero-order chi connectivity index (χ0) is 15.1. The predicted octanol–water partition coefficient (Wildman–Crippen LogP) is 1.06. The molecule has 20 heavy (non-hydrogen) atoms. The minimum Gasteiger partial charge on any atom is -0.399 e. The Labute approximate surface area is 120 Å². The highest BCUT2D eigenvalue weighted by atomic mass is 32.2. The quantitative estimate of drug-likeness (QED) is 0.583. The molecule has 0 aromatic heterocycles. The van der Waals surface area contributed by atoms with Crippen LogP contribution < -0.4 is 11.1 Å². The fourth-order valence-corrected chi connectivity index (χ4v) is 2.65. The Balaban J connectivity index is 2.64. The van der Waals surface area contributed by atoms with Gasteiger partial charge in [-0.25, -0.2) is 4.39 Å². The SMILES string of the molecule is COCCCNC(=O)C(C)S(=O)c1ccc(N)cc1F. The second-order valence-corrected chi connectivity index (χ2v) is 6.01. The summed E-state index contributed by atoms with van der Waals surface area (Å²) < 4.78 is 30.7. The molecule has 0 spiro atoms. The molecule has 0 saturated carbocycles. The van der Waals surface area contributed by atoms with Crippen molar-refractivity contribution < 1.29 is 18.1 Å². The molecule has 0 bridgehead atoms. The lowest BCUT2D eigenvalue weighted by Gasteiger charge is -2.12. The van der Waals surface area contributed by atoms with Gasteiger partial charge >= 0.3 is 0 Å². The first-order valence-corrected chi connectivity index (χ1v) is 7.41. The van der Waals surface area contributed by atoms with Crippen LogP contribution in [0.2, 0.25) is 0 Å². The van der Waals surface area contributed by atoms with Gasteiger partial charge in [0, 0.05) is 25.9 Å². The molecule has 0 aliphatic rings. The summed E-state index contributed by atoms with van der Waals surface area (Å²) in [6.07, 6.45) is 0.665. The maximum atomic E-state index is 13.7. The number of benzene rings is 1. The van der Waals surface area contributed by atoms with Crippen molar-refractivity contribution in [2.45, 2.75) is 23.5 Å². The second kappa shape index (κ2) is 7.96. The molecule has 0 fully saturated rings. The van der Waals surface area contributed by atoms with Crippen molar-refractivity contribution in [1.29, 1.82) is 0 Å². The minimum atomic E-state index is -1.76. The lowest BCUT2D eigenvalue weighted by Crippen LogP contribution is -2.36. The third-order valence-electron chi connectivity index (χ3n) is 2.69. The van der Waals surface area contributed by atoms with Crippen LogP contribution in [-0.2, 0) is 20.3 Å². The van der Waals surface area contributed by atoms with Gasteiger partial charge in [-0.3, -0.25) is 9.00 Å². The van der Waals surface area contributed by atoms with Gasteiger partial charge in [-0.1, -0.05) is 0 Å². The van der Waals surface area contributed by atoms with E-state index in [0.717, 1.165) is 6.07 Å². The number of methoxy groups -OCH3 is 1. The van der Waals surface area contributed by atoms with Crippen molar-refractivity contribution in [1.82, 2.24) is 5.32 Å². The number of nitrogens with one attached hydrogen (secondary N) is 1. The van der Waals surface area contributed by atoms with Crippen molar-refractivity contribution in [3.05, 3.63) is 24.0 Å². The van der Waals surface area contributed by atoms with E-state index in [4.69, 9.17) is 10.5 Å². The third-order valence-corrected chi connectivity index (χ3v) is 4.31. The van der Waals surface area contributed by atoms with Crippen molar-refractivity contribution >= 4 is 22.4 Å². The van der Waals surface area contributed by atoms with Crippen LogP contribution in [0.1, 0.15) is 13.3 Å². The van der Waals surface area contributed by atoms with E-state index in [2.05, 4.69) is 5.32 Å².